The minimum atomic E-state index is -4.12. The number of para-hydroxylation sites is 1. The Labute approximate surface area is 180 Å². The minimum Gasteiger partial charge on any atom is -0.508 e. The largest absolute Gasteiger partial charge is 0.508 e. The Morgan fingerprint density at radius 2 is 1.70 bits per heavy atom. The van der Waals surface area contributed by atoms with Crippen LogP contribution in [0.5, 0.6) is 11.5 Å². The number of nitrogens with zero attached hydrogens (tertiary/aromatic N) is 1. The van der Waals surface area contributed by atoms with E-state index in [-0.39, 0.29) is 16.4 Å². The Kier molecular flexibility index (Phi) is 8.74. The Hall–Kier alpha value is -2.51. The van der Waals surface area contributed by atoms with Crippen LogP contribution < -0.4 is 14.8 Å². The van der Waals surface area contributed by atoms with Gasteiger partial charge in [-0.3, -0.25) is 0 Å². The highest BCUT2D eigenvalue weighted by atomic mass is 32.2. The molecule has 0 aromatic heterocycles. The van der Waals surface area contributed by atoms with Crippen LogP contribution >= 0.6 is 0 Å². The number of hydrogen-bond acceptors (Lipinski definition) is 5. The number of sulfonamides is 1. The summed E-state index contributed by atoms with van der Waals surface area (Å²) in [6.45, 7) is 9.27. The van der Waals surface area contributed by atoms with Gasteiger partial charge < -0.3 is 14.7 Å². The second kappa shape index (κ2) is 11.0. The van der Waals surface area contributed by atoms with Gasteiger partial charge in [0.05, 0.1) is 5.69 Å². The summed E-state index contributed by atoms with van der Waals surface area (Å²) < 4.78 is 30.9. The number of ether oxygens (including phenoxy) is 1. The zero-order valence-electron chi connectivity index (χ0n) is 17.8. The average Bonchev–Trinajstić information content (AvgIpc) is 2.70. The number of unbranched alkanes of at least 4 members (excludes halogenated alkanes) is 3. The first-order valence-corrected chi connectivity index (χ1v) is 11.9. The quantitative estimate of drug-likeness (QED) is 0.343. The van der Waals surface area contributed by atoms with E-state index in [4.69, 9.17) is 9.88 Å². The molecule has 164 valence electrons. The van der Waals surface area contributed by atoms with Crippen LogP contribution in [0.2, 0.25) is 0 Å². The predicted octanol–water partition coefficient (Wildman–Crippen LogP) is 5.45. The van der Waals surface area contributed by atoms with Crippen LogP contribution in [0.4, 0.5) is 5.69 Å². The molecule has 6 nitrogen and oxygen atoms in total. The smallest absolute Gasteiger partial charge is 0.241 e. The van der Waals surface area contributed by atoms with E-state index in [1.165, 1.54) is 6.07 Å². The number of benzene rings is 2. The molecule has 2 aromatic rings. The van der Waals surface area contributed by atoms with Crippen molar-refractivity contribution in [3.63, 3.8) is 0 Å². The highest BCUT2D eigenvalue weighted by Crippen LogP contribution is 2.40. The summed E-state index contributed by atoms with van der Waals surface area (Å²) in [4.78, 5) is 1.93. The van der Waals surface area contributed by atoms with Gasteiger partial charge in [-0.1, -0.05) is 57.9 Å². The fourth-order valence-electron chi connectivity index (χ4n) is 3.16. The summed E-state index contributed by atoms with van der Waals surface area (Å²) in [6, 6.07) is 12.0. The number of primary sulfonamides is 1. The number of aliphatic hydroxyl groups excluding tert-OH is 1. The van der Waals surface area contributed by atoms with Crippen LogP contribution in [0.25, 0.3) is 5.76 Å². The van der Waals surface area contributed by atoms with Crippen molar-refractivity contribution >= 4 is 21.5 Å². The van der Waals surface area contributed by atoms with Gasteiger partial charge in [0.2, 0.25) is 10.0 Å². The zero-order valence-corrected chi connectivity index (χ0v) is 18.6. The van der Waals surface area contributed by atoms with Gasteiger partial charge in [0.15, 0.2) is 5.75 Å². The van der Waals surface area contributed by atoms with Crippen molar-refractivity contribution in [2.75, 3.05) is 18.0 Å². The van der Waals surface area contributed by atoms with Crippen molar-refractivity contribution in [1.29, 1.82) is 0 Å². The third-order valence-corrected chi connectivity index (χ3v) is 5.71. The second-order valence-corrected chi connectivity index (χ2v) is 8.81. The number of nitrogens with two attached hydrogens (primary N) is 1. The number of anilines is 1. The molecular weight excluding hydrogens is 400 g/mol. The summed E-state index contributed by atoms with van der Waals surface area (Å²) in [6.07, 6.45) is 5.02. The molecule has 3 N–H and O–H groups in total. The molecule has 0 bridgehead atoms. The molecule has 0 heterocycles. The van der Waals surface area contributed by atoms with E-state index in [2.05, 4.69) is 25.3 Å². The highest BCUT2D eigenvalue weighted by molar-refractivity contribution is 7.89. The van der Waals surface area contributed by atoms with Gasteiger partial charge in [-0.25, -0.2) is 13.6 Å². The summed E-state index contributed by atoms with van der Waals surface area (Å²) in [5.74, 6) is 0.445. The van der Waals surface area contributed by atoms with Crippen LogP contribution in [0.3, 0.4) is 0 Å². The van der Waals surface area contributed by atoms with Gasteiger partial charge in [-0.2, -0.15) is 0 Å². The molecule has 0 aliphatic heterocycles. The summed E-state index contributed by atoms with van der Waals surface area (Å²) >= 11 is 0. The molecule has 2 aromatic carbocycles. The zero-order chi connectivity index (χ0) is 22.1. The molecule has 0 aliphatic carbocycles. The lowest BCUT2D eigenvalue weighted by Gasteiger charge is -2.28. The van der Waals surface area contributed by atoms with E-state index in [0.29, 0.717) is 17.0 Å². The molecular formula is C23H32N2O4S. The van der Waals surface area contributed by atoms with E-state index in [1.807, 2.05) is 18.2 Å². The lowest BCUT2D eigenvalue weighted by molar-refractivity contribution is 0.464. The standard InChI is InChI=1S/C23H32N2O4S/c1-4-6-11-15-25(14-7-5-2)21-16-19(18(3)26)17-22(30(24,27)28)23(21)29-20-12-9-8-10-13-20/h8-10,12-13,16-17,26H,3-7,11,14-15H2,1-2H3,(H2,24,27,28). The molecule has 2 rings (SSSR count). The molecule has 0 amide bonds. The SMILES string of the molecule is C=C(O)c1cc(N(CCCC)CCCCC)c(Oc2ccccc2)c(S(N)(=O)=O)c1. The first kappa shape index (κ1) is 23.8. The Bertz CT molecular complexity index is 943. The summed E-state index contributed by atoms with van der Waals surface area (Å²) in [7, 11) is -4.12. The van der Waals surface area contributed by atoms with Crippen molar-refractivity contribution in [2.45, 2.75) is 50.8 Å². The Morgan fingerprint density at radius 1 is 1.07 bits per heavy atom. The summed E-state index contributed by atoms with van der Waals surface area (Å²) in [5.41, 5.74) is 0.881. The maximum Gasteiger partial charge on any atom is 0.241 e. The second-order valence-electron chi connectivity index (χ2n) is 7.28. The first-order chi connectivity index (χ1) is 14.3. The van der Waals surface area contributed by atoms with Gasteiger partial charge in [-0.15, -0.1) is 0 Å². The molecule has 0 aliphatic rings. The van der Waals surface area contributed by atoms with Crippen molar-refractivity contribution in [1.82, 2.24) is 0 Å². The average molecular weight is 433 g/mol. The predicted molar refractivity (Wildman–Crippen MR) is 123 cm³/mol. The van der Waals surface area contributed by atoms with Crippen molar-refractivity contribution in [2.24, 2.45) is 5.14 Å². The minimum absolute atomic E-state index is 0.168. The van der Waals surface area contributed by atoms with E-state index >= 15 is 0 Å². The van der Waals surface area contributed by atoms with Crippen molar-refractivity contribution in [3.05, 3.63) is 54.6 Å². The van der Waals surface area contributed by atoms with Gasteiger partial charge in [-0.05, 0) is 37.1 Å². The van der Waals surface area contributed by atoms with E-state index in [9.17, 15) is 13.5 Å². The topological polar surface area (TPSA) is 92.9 Å². The lowest BCUT2D eigenvalue weighted by Crippen LogP contribution is -2.27. The number of rotatable bonds is 12. The monoisotopic (exact) mass is 432 g/mol. The fraction of sp³-hybridized carbons (Fsp3) is 0.391. The number of aliphatic hydroxyl groups is 1. The van der Waals surface area contributed by atoms with E-state index in [0.717, 1.165) is 45.2 Å². The third kappa shape index (κ3) is 6.50. The molecule has 7 heteroatoms. The number of hydrogen-bond donors (Lipinski definition) is 2. The maximum atomic E-state index is 12.4. The van der Waals surface area contributed by atoms with E-state index in [1.54, 1.807) is 18.2 Å². The Morgan fingerprint density at radius 3 is 2.27 bits per heavy atom. The molecule has 0 saturated heterocycles. The highest BCUT2D eigenvalue weighted by Gasteiger charge is 2.25. The fourth-order valence-corrected chi connectivity index (χ4v) is 3.86. The van der Waals surface area contributed by atoms with Gasteiger partial charge in [0.25, 0.3) is 0 Å². The van der Waals surface area contributed by atoms with Crippen LogP contribution in [0.1, 0.15) is 51.5 Å². The molecule has 0 unspecified atom stereocenters. The molecule has 0 fully saturated rings. The van der Waals surface area contributed by atoms with Crippen molar-refractivity contribution in [3.8, 4) is 11.5 Å². The normalized spacial score (nSPS) is 11.3. The summed E-state index contributed by atoms with van der Waals surface area (Å²) in [5, 5.41) is 15.5. The lowest BCUT2D eigenvalue weighted by atomic mass is 10.1. The van der Waals surface area contributed by atoms with Crippen LogP contribution in [0.15, 0.2) is 53.9 Å². The molecule has 0 radical (unpaired) electrons. The molecule has 30 heavy (non-hydrogen) atoms. The van der Waals surface area contributed by atoms with Gasteiger partial charge >= 0.3 is 0 Å². The molecule has 0 atom stereocenters. The third-order valence-electron chi connectivity index (χ3n) is 4.79. The van der Waals surface area contributed by atoms with Crippen LogP contribution in [0, 0.1) is 0 Å². The van der Waals surface area contributed by atoms with Crippen molar-refractivity contribution < 1.29 is 18.3 Å². The van der Waals surface area contributed by atoms with Gasteiger partial charge in [0, 0.05) is 18.7 Å². The Balaban J connectivity index is 2.68. The van der Waals surface area contributed by atoms with Gasteiger partial charge in [0.1, 0.15) is 16.4 Å². The maximum absolute atomic E-state index is 12.4. The first-order valence-electron chi connectivity index (χ1n) is 10.3. The van der Waals surface area contributed by atoms with E-state index < -0.39 is 10.0 Å². The molecule has 0 spiro atoms. The van der Waals surface area contributed by atoms with Crippen LogP contribution in [-0.4, -0.2) is 26.6 Å². The molecule has 0 saturated carbocycles. The van der Waals surface area contributed by atoms with Crippen LogP contribution in [-0.2, 0) is 10.0 Å².